The van der Waals surface area contributed by atoms with Gasteiger partial charge in [-0.3, -0.25) is 4.79 Å². The smallest absolute Gasteiger partial charge is 0.282 e. The maximum absolute atomic E-state index is 12.3. The molecule has 7 heteroatoms. The zero-order valence-corrected chi connectivity index (χ0v) is 15.4. The Morgan fingerprint density at radius 3 is 2.52 bits per heavy atom. The molecule has 2 aromatic heterocycles. The minimum absolute atomic E-state index is 0.0497. The van der Waals surface area contributed by atoms with Crippen molar-refractivity contribution in [2.75, 3.05) is 0 Å². The van der Waals surface area contributed by atoms with Gasteiger partial charge in [-0.2, -0.15) is 10.1 Å². The highest BCUT2D eigenvalue weighted by Crippen LogP contribution is 2.26. The number of halogens is 1. The molecule has 0 aliphatic rings. The fourth-order valence-corrected chi connectivity index (χ4v) is 3.07. The van der Waals surface area contributed by atoms with Crippen LogP contribution in [0.4, 0.5) is 0 Å². The third kappa shape index (κ3) is 3.39. The Hall–Kier alpha value is -3.25. The van der Waals surface area contributed by atoms with Gasteiger partial charge in [0.15, 0.2) is 5.69 Å². The fraction of sp³-hybridized carbons (Fsp3) is 0.100. The van der Waals surface area contributed by atoms with Gasteiger partial charge in [0.1, 0.15) is 0 Å². The van der Waals surface area contributed by atoms with Gasteiger partial charge in [-0.05, 0) is 49.2 Å². The second-order valence-corrected chi connectivity index (χ2v) is 6.63. The van der Waals surface area contributed by atoms with Crippen LogP contribution in [0.15, 0.2) is 64.0 Å². The molecule has 0 spiro atoms. The van der Waals surface area contributed by atoms with Gasteiger partial charge >= 0.3 is 0 Å². The van der Waals surface area contributed by atoms with E-state index in [1.807, 2.05) is 38.1 Å². The first-order valence-corrected chi connectivity index (χ1v) is 8.67. The fourth-order valence-electron chi connectivity index (χ4n) is 2.85. The van der Waals surface area contributed by atoms with Crippen LogP contribution in [0.3, 0.4) is 0 Å². The van der Waals surface area contributed by atoms with Gasteiger partial charge in [0.05, 0.1) is 10.7 Å². The second kappa shape index (κ2) is 6.81. The Kier molecular flexibility index (Phi) is 4.33. The summed E-state index contributed by atoms with van der Waals surface area (Å²) in [5.41, 5.74) is 3.46. The molecule has 0 bridgehead atoms. The Morgan fingerprint density at radius 1 is 1.04 bits per heavy atom. The number of hydrogen-bond acceptors (Lipinski definition) is 5. The summed E-state index contributed by atoms with van der Waals surface area (Å²) in [6.07, 6.45) is 1.62. The van der Waals surface area contributed by atoms with Crippen molar-refractivity contribution in [3.8, 4) is 28.7 Å². The van der Waals surface area contributed by atoms with E-state index >= 15 is 0 Å². The summed E-state index contributed by atoms with van der Waals surface area (Å²) in [7, 11) is 0. The first-order chi connectivity index (χ1) is 13.0. The number of hydrogen-bond donors (Lipinski definition) is 0. The largest absolute Gasteiger partial charge is 0.332 e. The molecule has 0 fully saturated rings. The molecule has 2 aromatic carbocycles. The SMILES string of the molecule is Cc1cc(C)cc(-n2ccc(=O)c(-c3nc(-c4ccccc4Cl)no3)n2)c1. The molecular weight excluding hydrogens is 364 g/mol. The van der Waals surface area contributed by atoms with Gasteiger partial charge in [0, 0.05) is 17.8 Å². The highest BCUT2D eigenvalue weighted by Gasteiger charge is 2.17. The van der Waals surface area contributed by atoms with Crippen LogP contribution in [0.25, 0.3) is 28.7 Å². The predicted molar refractivity (Wildman–Crippen MR) is 103 cm³/mol. The van der Waals surface area contributed by atoms with Crippen molar-refractivity contribution in [3.63, 3.8) is 0 Å². The van der Waals surface area contributed by atoms with Crippen molar-refractivity contribution in [1.29, 1.82) is 0 Å². The number of aryl methyl sites for hydroxylation is 2. The molecule has 4 rings (SSSR count). The maximum atomic E-state index is 12.3. The Bertz CT molecular complexity index is 1180. The highest BCUT2D eigenvalue weighted by atomic mass is 35.5. The summed E-state index contributed by atoms with van der Waals surface area (Å²) < 4.78 is 6.90. The lowest BCUT2D eigenvalue weighted by atomic mass is 10.1. The minimum Gasteiger partial charge on any atom is -0.332 e. The average molecular weight is 379 g/mol. The van der Waals surface area contributed by atoms with Crippen LogP contribution in [-0.2, 0) is 0 Å². The van der Waals surface area contributed by atoms with E-state index in [0.717, 1.165) is 16.8 Å². The molecule has 0 saturated heterocycles. The van der Waals surface area contributed by atoms with E-state index in [4.69, 9.17) is 16.1 Å². The first-order valence-electron chi connectivity index (χ1n) is 8.29. The molecule has 0 aliphatic carbocycles. The van der Waals surface area contributed by atoms with Crippen LogP contribution in [0.1, 0.15) is 11.1 Å². The predicted octanol–water partition coefficient (Wildman–Crippen LogP) is 4.22. The number of rotatable bonds is 3. The van der Waals surface area contributed by atoms with Crippen molar-refractivity contribution in [2.45, 2.75) is 13.8 Å². The van der Waals surface area contributed by atoms with Crippen molar-refractivity contribution in [2.24, 2.45) is 0 Å². The van der Waals surface area contributed by atoms with Crippen LogP contribution >= 0.6 is 11.6 Å². The van der Waals surface area contributed by atoms with E-state index in [2.05, 4.69) is 21.3 Å². The molecule has 0 N–H and O–H groups in total. The third-order valence-electron chi connectivity index (χ3n) is 4.02. The van der Waals surface area contributed by atoms with Gasteiger partial charge < -0.3 is 4.52 Å². The lowest BCUT2D eigenvalue weighted by Gasteiger charge is -2.08. The summed E-state index contributed by atoms with van der Waals surface area (Å²) >= 11 is 6.18. The normalized spacial score (nSPS) is 10.9. The van der Waals surface area contributed by atoms with Crippen molar-refractivity contribution in [3.05, 3.63) is 81.1 Å². The molecule has 0 radical (unpaired) electrons. The quantitative estimate of drug-likeness (QED) is 0.533. The Morgan fingerprint density at radius 2 is 1.78 bits per heavy atom. The van der Waals surface area contributed by atoms with Gasteiger partial charge in [0.25, 0.3) is 5.89 Å². The number of aromatic nitrogens is 4. The molecule has 0 atom stereocenters. The van der Waals surface area contributed by atoms with E-state index in [0.29, 0.717) is 16.4 Å². The first kappa shape index (κ1) is 17.2. The minimum atomic E-state index is -0.301. The van der Waals surface area contributed by atoms with E-state index in [9.17, 15) is 4.79 Å². The zero-order chi connectivity index (χ0) is 19.0. The topological polar surface area (TPSA) is 73.8 Å². The highest BCUT2D eigenvalue weighted by molar-refractivity contribution is 6.33. The molecule has 6 nitrogen and oxygen atoms in total. The van der Waals surface area contributed by atoms with Gasteiger partial charge in [-0.25, -0.2) is 4.68 Å². The van der Waals surface area contributed by atoms with Crippen molar-refractivity contribution in [1.82, 2.24) is 19.9 Å². The van der Waals surface area contributed by atoms with Gasteiger partial charge in [-0.1, -0.05) is 35.0 Å². The van der Waals surface area contributed by atoms with Crippen LogP contribution in [0.2, 0.25) is 5.02 Å². The molecule has 2 heterocycles. The second-order valence-electron chi connectivity index (χ2n) is 6.22. The number of nitrogens with zero attached hydrogens (tertiary/aromatic N) is 4. The van der Waals surface area contributed by atoms with E-state index < -0.39 is 0 Å². The average Bonchev–Trinajstić information content (AvgIpc) is 3.11. The lowest BCUT2D eigenvalue weighted by molar-refractivity contribution is 0.429. The molecule has 0 aliphatic heterocycles. The molecule has 4 aromatic rings. The summed E-state index contributed by atoms with van der Waals surface area (Å²) in [4.78, 5) is 16.6. The maximum Gasteiger partial charge on any atom is 0.282 e. The van der Waals surface area contributed by atoms with Crippen molar-refractivity contribution >= 4 is 11.6 Å². The summed E-state index contributed by atoms with van der Waals surface area (Å²) in [6, 6.07) is 14.6. The zero-order valence-electron chi connectivity index (χ0n) is 14.7. The van der Waals surface area contributed by atoms with Gasteiger partial charge in [-0.15, -0.1) is 0 Å². The molecule has 134 valence electrons. The van der Waals surface area contributed by atoms with E-state index in [1.54, 1.807) is 23.0 Å². The van der Waals surface area contributed by atoms with Crippen LogP contribution in [0.5, 0.6) is 0 Å². The van der Waals surface area contributed by atoms with Crippen molar-refractivity contribution < 1.29 is 4.52 Å². The Balaban J connectivity index is 1.79. The Labute approximate surface area is 160 Å². The standard InChI is InChI=1S/C20H15ClN4O2/c1-12-9-13(2)11-14(10-12)25-8-7-17(26)18(23-25)20-22-19(24-27-20)15-5-3-4-6-16(15)21/h3-11H,1-2H3. The van der Waals surface area contributed by atoms with Crippen LogP contribution in [0, 0.1) is 13.8 Å². The van der Waals surface area contributed by atoms with E-state index in [1.165, 1.54) is 6.07 Å². The summed E-state index contributed by atoms with van der Waals surface area (Å²) in [6.45, 7) is 4.02. The molecule has 27 heavy (non-hydrogen) atoms. The third-order valence-corrected chi connectivity index (χ3v) is 4.35. The number of benzene rings is 2. The molecule has 0 amide bonds. The molecule has 0 unspecified atom stereocenters. The molecular formula is C20H15ClN4O2. The summed E-state index contributed by atoms with van der Waals surface area (Å²) in [5, 5.41) is 8.83. The monoisotopic (exact) mass is 378 g/mol. The molecule has 0 saturated carbocycles. The lowest BCUT2D eigenvalue weighted by Crippen LogP contribution is -2.13. The van der Waals surface area contributed by atoms with Crippen LogP contribution in [-0.4, -0.2) is 19.9 Å². The van der Waals surface area contributed by atoms with E-state index in [-0.39, 0.29) is 17.0 Å². The van der Waals surface area contributed by atoms with Gasteiger partial charge in [0.2, 0.25) is 11.3 Å². The summed E-state index contributed by atoms with van der Waals surface area (Å²) in [5.74, 6) is 0.354. The van der Waals surface area contributed by atoms with Crippen LogP contribution < -0.4 is 5.43 Å².